The van der Waals surface area contributed by atoms with Crippen LogP contribution < -0.4 is 10.6 Å². The van der Waals surface area contributed by atoms with Crippen LogP contribution in [0.2, 0.25) is 0 Å². The van der Waals surface area contributed by atoms with Crippen LogP contribution in [0.25, 0.3) is 10.8 Å². The first-order valence-electron chi connectivity index (χ1n) is 5.32. The highest BCUT2D eigenvalue weighted by atomic mass is 32.2. The molecule has 1 fully saturated rings. The van der Waals surface area contributed by atoms with Crippen LogP contribution in [0, 0.1) is 0 Å². The van der Waals surface area contributed by atoms with Crippen molar-refractivity contribution in [1.82, 2.24) is 15.5 Å². The van der Waals surface area contributed by atoms with Crippen molar-refractivity contribution in [1.29, 1.82) is 0 Å². The van der Waals surface area contributed by atoms with Crippen molar-refractivity contribution < 1.29 is 9.21 Å². The first-order valence-corrected chi connectivity index (χ1v) is 7.29. The Morgan fingerprint density at radius 1 is 1.56 bits per heavy atom. The van der Waals surface area contributed by atoms with Gasteiger partial charge in [0, 0.05) is 11.6 Å². The van der Waals surface area contributed by atoms with Crippen LogP contribution in [-0.2, 0) is 4.79 Å². The molecule has 1 aliphatic rings. The highest BCUT2D eigenvalue weighted by molar-refractivity contribution is 7.99. The second-order valence-corrected chi connectivity index (χ2v) is 5.66. The van der Waals surface area contributed by atoms with Gasteiger partial charge in [-0.1, -0.05) is 11.3 Å². The van der Waals surface area contributed by atoms with Crippen LogP contribution in [-0.4, -0.2) is 33.8 Å². The molecule has 0 aromatic carbocycles. The minimum Gasteiger partial charge on any atom is -0.462 e. The lowest BCUT2D eigenvalue weighted by molar-refractivity contribution is -0.117. The molecule has 3 rings (SSSR count). The molecule has 2 aromatic rings. The van der Waals surface area contributed by atoms with Gasteiger partial charge in [0.2, 0.25) is 11.0 Å². The van der Waals surface area contributed by atoms with Gasteiger partial charge in [-0.2, -0.15) is 0 Å². The Hall–Kier alpha value is -1.38. The predicted molar refractivity (Wildman–Crippen MR) is 70.5 cm³/mol. The molecule has 0 saturated carbocycles. The smallest absolute Gasteiger partial charge is 0.244 e. The van der Waals surface area contributed by atoms with E-state index >= 15 is 0 Å². The number of thioether (sulfide) groups is 1. The minimum atomic E-state index is -0.147. The van der Waals surface area contributed by atoms with E-state index in [9.17, 15) is 4.79 Å². The molecule has 8 heteroatoms. The number of rotatable bonds is 3. The molecule has 6 nitrogen and oxygen atoms in total. The van der Waals surface area contributed by atoms with Gasteiger partial charge in [-0.15, -0.1) is 22.0 Å². The van der Waals surface area contributed by atoms with Crippen molar-refractivity contribution in [3.63, 3.8) is 0 Å². The molecule has 1 saturated heterocycles. The lowest BCUT2D eigenvalue weighted by Crippen LogP contribution is -2.37. The summed E-state index contributed by atoms with van der Waals surface area (Å²) in [5, 5.41) is 14.9. The topological polar surface area (TPSA) is 80.1 Å². The fraction of sp³-hybridized carbons (Fsp3) is 0.300. The SMILES string of the molecule is O=C(Nc1nnc(-c2ccco2)s1)C1CSCN1. The second kappa shape index (κ2) is 5.09. The fourth-order valence-electron chi connectivity index (χ4n) is 1.53. The van der Waals surface area contributed by atoms with Crippen molar-refractivity contribution in [2.45, 2.75) is 6.04 Å². The van der Waals surface area contributed by atoms with Crippen molar-refractivity contribution in [2.75, 3.05) is 16.9 Å². The highest BCUT2D eigenvalue weighted by Gasteiger charge is 2.23. The van der Waals surface area contributed by atoms with Gasteiger partial charge in [0.15, 0.2) is 10.8 Å². The summed E-state index contributed by atoms with van der Waals surface area (Å²) in [6, 6.07) is 3.45. The number of amides is 1. The maximum absolute atomic E-state index is 11.8. The lowest BCUT2D eigenvalue weighted by Gasteiger charge is -2.06. The summed E-state index contributed by atoms with van der Waals surface area (Å²) in [5.74, 6) is 2.19. The number of nitrogens with one attached hydrogen (secondary N) is 2. The molecule has 1 unspecified atom stereocenters. The number of aromatic nitrogens is 2. The summed E-state index contributed by atoms with van der Waals surface area (Å²) in [6.45, 7) is 0. The van der Waals surface area contributed by atoms with Crippen LogP contribution in [0.1, 0.15) is 0 Å². The van der Waals surface area contributed by atoms with Gasteiger partial charge in [-0.05, 0) is 12.1 Å². The Morgan fingerprint density at radius 2 is 2.50 bits per heavy atom. The van der Waals surface area contributed by atoms with Gasteiger partial charge in [0.1, 0.15) is 0 Å². The first kappa shape index (κ1) is 11.7. The maximum Gasteiger partial charge on any atom is 0.244 e. The second-order valence-electron chi connectivity index (χ2n) is 3.65. The molecular formula is C10H10N4O2S2. The normalized spacial score (nSPS) is 19.0. The Balaban J connectivity index is 1.68. The maximum atomic E-state index is 11.8. The molecule has 1 amide bonds. The zero-order valence-corrected chi connectivity index (χ0v) is 10.9. The molecular weight excluding hydrogens is 272 g/mol. The van der Waals surface area contributed by atoms with E-state index in [-0.39, 0.29) is 11.9 Å². The van der Waals surface area contributed by atoms with Crippen molar-refractivity contribution >= 4 is 34.1 Å². The molecule has 0 radical (unpaired) electrons. The number of anilines is 1. The fourth-order valence-corrected chi connectivity index (χ4v) is 3.19. The van der Waals surface area contributed by atoms with Crippen molar-refractivity contribution in [3.8, 4) is 10.8 Å². The Labute approximate surface area is 111 Å². The third-order valence-corrected chi connectivity index (χ3v) is 4.21. The number of hydrogen-bond donors (Lipinski definition) is 2. The predicted octanol–water partition coefficient (Wildman–Crippen LogP) is 1.40. The van der Waals surface area contributed by atoms with Crippen LogP contribution in [0.3, 0.4) is 0 Å². The van der Waals surface area contributed by atoms with Gasteiger partial charge in [-0.25, -0.2) is 0 Å². The largest absolute Gasteiger partial charge is 0.462 e. The first-order chi connectivity index (χ1) is 8.83. The average molecular weight is 282 g/mol. The van der Waals surface area contributed by atoms with Crippen LogP contribution in [0.5, 0.6) is 0 Å². The summed E-state index contributed by atoms with van der Waals surface area (Å²) < 4.78 is 5.22. The Kier molecular flexibility index (Phi) is 3.31. The van der Waals surface area contributed by atoms with E-state index in [1.807, 2.05) is 0 Å². The summed E-state index contributed by atoms with van der Waals surface area (Å²) >= 11 is 3.00. The van der Waals surface area contributed by atoms with E-state index in [4.69, 9.17) is 4.42 Å². The zero-order chi connectivity index (χ0) is 12.4. The molecule has 0 aliphatic carbocycles. The third-order valence-electron chi connectivity index (χ3n) is 2.42. The van der Waals surface area contributed by atoms with Crippen LogP contribution in [0.15, 0.2) is 22.8 Å². The molecule has 3 heterocycles. The van der Waals surface area contributed by atoms with Gasteiger partial charge in [0.05, 0.1) is 12.3 Å². The van der Waals surface area contributed by atoms with Gasteiger partial charge >= 0.3 is 0 Å². The molecule has 0 bridgehead atoms. The lowest BCUT2D eigenvalue weighted by atomic mass is 10.3. The quantitative estimate of drug-likeness (QED) is 0.886. The molecule has 94 valence electrons. The number of hydrogen-bond acceptors (Lipinski definition) is 7. The molecule has 1 aliphatic heterocycles. The molecule has 0 spiro atoms. The standard InChI is InChI=1S/C10H10N4O2S2/c15-8(6-4-17-5-11-6)12-10-14-13-9(18-10)7-2-1-3-16-7/h1-3,6,11H,4-5H2,(H,12,14,15). The highest BCUT2D eigenvalue weighted by Crippen LogP contribution is 2.26. The summed E-state index contributed by atoms with van der Waals surface area (Å²) in [6.07, 6.45) is 1.58. The molecule has 18 heavy (non-hydrogen) atoms. The Morgan fingerprint density at radius 3 is 3.22 bits per heavy atom. The average Bonchev–Trinajstić information content (AvgIpc) is 3.12. The summed E-state index contributed by atoms with van der Waals surface area (Å²) in [7, 11) is 0. The van der Waals surface area contributed by atoms with E-state index in [0.29, 0.717) is 15.9 Å². The van der Waals surface area contributed by atoms with Gasteiger partial charge in [-0.3, -0.25) is 15.4 Å². The molecule has 1 atom stereocenters. The van der Waals surface area contributed by atoms with Crippen molar-refractivity contribution in [3.05, 3.63) is 18.4 Å². The minimum absolute atomic E-state index is 0.0675. The third kappa shape index (κ3) is 2.40. The van der Waals surface area contributed by atoms with Crippen LogP contribution in [0.4, 0.5) is 5.13 Å². The van der Waals surface area contributed by atoms with Crippen LogP contribution >= 0.6 is 23.1 Å². The molecule has 2 aromatic heterocycles. The van der Waals surface area contributed by atoms with E-state index in [1.165, 1.54) is 11.3 Å². The van der Waals surface area contributed by atoms with E-state index < -0.39 is 0 Å². The number of furan rings is 1. The summed E-state index contributed by atoms with van der Waals surface area (Å²) in [5.41, 5.74) is 0. The summed E-state index contributed by atoms with van der Waals surface area (Å²) in [4.78, 5) is 11.8. The van der Waals surface area contributed by atoms with Crippen molar-refractivity contribution in [2.24, 2.45) is 0 Å². The number of carbonyl (C=O) groups is 1. The monoisotopic (exact) mass is 282 g/mol. The number of carbonyl (C=O) groups excluding carboxylic acids is 1. The van der Waals surface area contributed by atoms with Gasteiger partial charge < -0.3 is 4.42 Å². The van der Waals surface area contributed by atoms with E-state index in [1.54, 1.807) is 30.2 Å². The molecule has 2 N–H and O–H groups in total. The van der Waals surface area contributed by atoms with E-state index in [2.05, 4.69) is 20.8 Å². The van der Waals surface area contributed by atoms with E-state index in [0.717, 1.165) is 11.6 Å². The van der Waals surface area contributed by atoms with Gasteiger partial charge in [0.25, 0.3) is 0 Å². The zero-order valence-electron chi connectivity index (χ0n) is 9.25. The number of nitrogens with zero attached hydrogens (tertiary/aromatic N) is 2. The Bertz CT molecular complexity index is 534.